The molecule has 14 heteroatoms. The lowest BCUT2D eigenvalue weighted by Gasteiger charge is -2.49. The second-order valence-electron chi connectivity index (χ2n) is 14.7. The molecular weight excluding hydrogens is 608 g/mol. The minimum atomic E-state index is -0.869. The lowest BCUT2D eigenvalue weighted by molar-refractivity contribution is -0.292. The highest BCUT2D eigenvalue weighted by Gasteiger charge is 2.49. The van der Waals surface area contributed by atoms with Crippen LogP contribution in [0.4, 0.5) is 0 Å². The highest BCUT2D eigenvalue weighted by molar-refractivity contribution is 8.76. The van der Waals surface area contributed by atoms with Gasteiger partial charge in [0.25, 0.3) is 0 Å². The third-order valence-corrected chi connectivity index (χ3v) is 11.2. The van der Waals surface area contributed by atoms with E-state index in [1.165, 1.54) is 21.6 Å². The molecule has 0 aliphatic carbocycles. The molecule has 3 fully saturated rings. The lowest BCUT2D eigenvalue weighted by Crippen LogP contribution is -2.60. The van der Waals surface area contributed by atoms with Crippen molar-refractivity contribution in [3.05, 3.63) is 0 Å². The summed E-state index contributed by atoms with van der Waals surface area (Å²) in [6.45, 7) is 14.2. The van der Waals surface area contributed by atoms with E-state index < -0.39 is 58.0 Å². The Hall–Kier alpha value is -1.58. The number of nitrogens with zero attached hydrogens (tertiary/aromatic N) is 2. The smallest absolute Gasteiger partial charge is 0.328 e. The molecule has 12 nitrogen and oxygen atoms in total. The molecule has 2 amide bonds. The van der Waals surface area contributed by atoms with Gasteiger partial charge >= 0.3 is 11.9 Å². The number of nitrogens with one attached hydrogen (secondary N) is 2. The minimum absolute atomic E-state index is 0.196. The van der Waals surface area contributed by atoms with E-state index in [9.17, 15) is 29.6 Å². The molecule has 3 rings (SSSR count). The highest BCUT2D eigenvalue weighted by atomic mass is 33.1. The van der Waals surface area contributed by atoms with Crippen molar-refractivity contribution in [3.63, 3.8) is 0 Å². The Morgan fingerprint density at radius 3 is 1.23 bits per heavy atom. The molecule has 2 N–H and O–H groups in total. The normalized spacial score (nSPS) is 29.5. The van der Waals surface area contributed by atoms with Crippen molar-refractivity contribution < 1.29 is 39.1 Å². The summed E-state index contributed by atoms with van der Waals surface area (Å²) in [4.78, 5) is 52.5. The van der Waals surface area contributed by atoms with Crippen LogP contribution in [-0.4, -0.2) is 92.8 Å². The maximum absolute atomic E-state index is 13.3. The van der Waals surface area contributed by atoms with Crippen LogP contribution in [0, 0.1) is 11.8 Å². The van der Waals surface area contributed by atoms with E-state index in [-0.39, 0.29) is 25.0 Å². The molecule has 0 aromatic carbocycles. The van der Waals surface area contributed by atoms with Gasteiger partial charge in [-0.05, 0) is 93.9 Å². The number of rotatable bonds is 4. The van der Waals surface area contributed by atoms with Crippen LogP contribution in [0.3, 0.4) is 0 Å². The molecule has 3 heterocycles. The molecule has 2 radical (unpaired) electrons. The SMILES string of the molecule is CC1(C)CC(C(=O)NC2CCSSCCC(NC(=O)C3CC(C)(C)N([O])C(C)(C)C3)C(=O)OCCOC2=O)CC(C)(C)N1[O]. The van der Waals surface area contributed by atoms with Crippen molar-refractivity contribution >= 4 is 45.3 Å². The summed E-state index contributed by atoms with van der Waals surface area (Å²) < 4.78 is 10.8. The maximum Gasteiger partial charge on any atom is 0.328 e. The Bertz CT molecular complexity index is 952. The molecule has 3 aliphatic rings. The van der Waals surface area contributed by atoms with Gasteiger partial charge in [-0.15, -0.1) is 20.5 Å². The standard InChI is InChI=1S/C30H50N4O8S2/c1-27(2)15-19(16-28(3,4)33(27)39)23(35)31-21-9-13-43-44-14-10-22(26(38)42-12-11-41-25(21)37)32-24(36)20-17-29(5,6)34(40)30(7,8)18-20/h19-22H,9-18H2,1-8H3,(H,31,35)(H,32,36). The Kier molecular flexibility index (Phi) is 12.1. The largest absolute Gasteiger partial charge is 0.461 e. The topological polar surface area (TPSA) is 157 Å². The van der Waals surface area contributed by atoms with Gasteiger partial charge < -0.3 is 20.1 Å². The molecule has 0 saturated carbocycles. The summed E-state index contributed by atoms with van der Waals surface area (Å²) in [5.74, 6) is -1.55. The minimum Gasteiger partial charge on any atom is -0.461 e. The third kappa shape index (κ3) is 9.25. The van der Waals surface area contributed by atoms with Gasteiger partial charge in [0.15, 0.2) is 0 Å². The molecule has 0 spiro atoms. The number of hydrogen-bond donors (Lipinski definition) is 2. The number of carbonyl (C=O) groups excluding carboxylic acids is 4. The highest BCUT2D eigenvalue weighted by Crippen LogP contribution is 2.41. The van der Waals surface area contributed by atoms with E-state index in [0.29, 0.717) is 50.0 Å². The van der Waals surface area contributed by atoms with Crippen molar-refractivity contribution in [2.24, 2.45) is 11.8 Å². The Morgan fingerprint density at radius 1 is 0.636 bits per heavy atom. The van der Waals surface area contributed by atoms with E-state index in [1.807, 2.05) is 55.4 Å². The van der Waals surface area contributed by atoms with Gasteiger partial charge in [0, 0.05) is 45.5 Å². The summed E-state index contributed by atoms with van der Waals surface area (Å²) in [5.41, 5.74) is -2.88. The number of hydrogen-bond acceptors (Lipinski definition) is 10. The van der Waals surface area contributed by atoms with Crippen molar-refractivity contribution in [1.29, 1.82) is 0 Å². The Morgan fingerprint density at radius 2 is 0.932 bits per heavy atom. The number of hydroxylamine groups is 4. The number of cyclic esters (lactones) is 2. The fourth-order valence-electron chi connectivity index (χ4n) is 6.91. The number of ether oxygens (including phenoxy) is 2. The zero-order chi connectivity index (χ0) is 33.1. The fraction of sp³-hybridized carbons (Fsp3) is 0.867. The quantitative estimate of drug-likeness (QED) is 0.339. The first kappa shape index (κ1) is 36.9. The Labute approximate surface area is 269 Å². The van der Waals surface area contributed by atoms with Gasteiger partial charge in [0.2, 0.25) is 11.8 Å². The zero-order valence-corrected chi connectivity index (χ0v) is 29.0. The molecule has 2 atom stereocenters. The van der Waals surface area contributed by atoms with Crippen LogP contribution in [0.1, 0.15) is 93.9 Å². The molecule has 250 valence electrons. The second-order valence-corrected chi connectivity index (χ2v) is 17.4. The van der Waals surface area contributed by atoms with Gasteiger partial charge in [-0.3, -0.25) is 9.59 Å². The second kappa shape index (κ2) is 14.5. The van der Waals surface area contributed by atoms with Gasteiger partial charge in [-0.2, -0.15) is 0 Å². The molecule has 3 saturated heterocycles. The predicted octanol–water partition coefficient (Wildman–Crippen LogP) is 3.45. The average Bonchev–Trinajstić information content (AvgIpc) is 2.91. The molecule has 0 bridgehead atoms. The van der Waals surface area contributed by atoms with E-state index in [4.69, 9.17) is 9.47 Å². The van der Waals surface area contributed by atoms with Crippen LogP contribution in [0.25, 0.3) is 0 Å². The van der Waals surface area contributed by atoms with Crippen LogP contribution >= 0.6 is 21.6 Å². The predicted molar refractivity (Wildman–Crippen MR) is 167 cm³/mol. The Balaban J connectivity index is 1.58. The van der Waals surface area contributed by atoms with Gasteiger partial charge in [-0.25, -0.2) is 9.59 Å². The first-order chi connectivity index (χ1) is 20.3. The van der Waals surface area contributed by atoms with Gasteiger partial charge in [0.1, 0.15) is 25.3 Å². The number of piperidine rings is 2. The van der Waals surface area contributed by atoms with Gasteiger partial charge in [-0.1, -0.05) is 21.6 Å². The van der Waals surface area contributed by atoms with Crippen molar-refractivity contribution in [2.75, 3.05) is 24.7 Å². The van der Waals surface area contributed by atoms with Crippen molar-refractivity contribution in [2.45, 2.75) is 128 Å². The zero-order valence-electron chi connectivity index (χ0n) is 27.4. The summed E-state index contributed by atoms with van der Waals surface area (Å²) in [6.07, 6.45) is 2.19. The lowest BCUT2D eigenvalue weighted by atomic mass is 9.75. The van der Waals surface area contributed by atoms with Crippen molar-refractivity contribution in [3.8, 4) is 0 Å². The first-order valence-corrected chi connectivity index (χ1v) is 17.9. The van der Waals surface area contributed by atoms with Crippen LogP contribution in [0.2, 0.25) is 0 Å². The van der Waals surface area contributed by atoms with Crippen LogP contribution in [0.5, 0.6) is 0 Å². The number of amides is 2. The first-order valence-electron chi connectivity index (χ1n) is 15.4. The van der Waals surface area contributed by atoms with Gasteiger partial charge in [0.05, 0.1) is 0 Å². The molecule has 2 unspecified atom stereocenters. The average molecular weight is 659 g/mol. The summed E-state index contributed by atoms with van der Waals surface area (Å²) >= 11 is 0. The maximum atomic E-state index is 13.3. The fourth-order valence-corrected chi connectivity index (χ4v) is 9.09. The van der Waals surface area contributed by atoms with E-state index in [1.54, 1.807) is 0 Å². The van der Waals surface area contributed by atoms with Crippen LogP contribution in [-0.2, 0) is 39.1 Å². The molecule has 0 aromatic heterocycles. The van der Waals surface area contributed by atoms with E-state index in [2.05, 4.69) is 10.6 Å². The van der Waals surface area contributed by atoms with E-state index >= 15 is 0 Å². The summed E-state index contributed by atoms with van der Waals surface area (Å²) in [5, 5.41) is 33.3. The number of carbonyl (C=O) groups is 4. The molecular formula is C30H50N4O8S2. The monoisotopic (exact) mass is 658 g/mol. The van der Waals surface area contributed by atoms with E-state index in [0.717, 1.165) is 10.1 Å². The molecule has 3 aliphatic heterocycles. The summed E-state index contributed by atoms with van der Waals surface area (Å²) in [6, 6.07) is -1.74. The van der Waals surface area contributed by atoms with Crippen LogP contribution < -0.4 is 10.6 Å². The summed E-state index contributed by atoms with van der Waals surface area (Å²) in [7, 11) is 3.00. The molecule has 44 heavy (non-hydrogen) atoms. The third-order valence-electron chi connectivity index (χ3n) is 8.76. The van der Waals surface area contributed by atoms with Crippen molar-refractivity contribution in [1.82, 2.24) is 20.8 Å². The number of esters is 2. The van der Waals surface area contributed by atoms with Crippen LogP contribution in [0.15, 0.2) is 0 Å². The molecule has 0 aromatic rings.